The molecule has 152 valence electrons. The lowest BCUT2D eigenvalue weighted by Crippen LogP contribution is -2.42. The molecule has 0 saturated carbocycles. The smallest absolute Gasteiger partial charge is 0.252 e. The fourth-order valence-electron chi connectivity index (χ4n) is 4.73. The Morgan fingerprint density at radius 1 is 0.966 bits per heavy atom. The molecule has 29 heavy (non-hydrogen) atoms. The number of hydrogen-bond donors (Lipinski definition) is 0. The van der Waals surface area contributed by atoms with E-state index in [0.717, 1.165) is 49.2 Å². The standard InChI is InChI=1S/C24H27NO4/c26-24(22-9-4-12-27-22)25(20-8-3-6-18-5-1-2-7-19(18)20)16-17-10-11-21-23(15-17)29-14-13-28-21/h1-2,5,7,10-11,15,20,22H,3-4,6,8-9,12-14,16H2/t20-,22+/m0/s1. The largest absolute Gasteiger partial charge is 0.486 e. The van der Waals surface area contributed by atoms with Crippen LogP contribution in [-0.2, 0) is 22.5 Å². The molecule has 2 aliphatic heterocycles. The molecule has 2 atom stereocenters. The molecule has 1 fully saturated rings. The minimum atomic E-state index is -0.318. The molecule has 5 nitrogen and oxygen atoms in total. The van der Waals surface area contributed by atoms with Crippen molar-refractivity contribution in [1.29, 1.82) is 0 Å². The Hall–Kier alpha value is -2.53. The van der Waals surface area contributed by atoms with Gasteiger partial charge in [0.15, 0.2) is 11.5 Å². The van der Waals surface area contributed by atoms with E-state index < -0.39 is 0 Å². The predicted molar refractivity (Wildman–Crippen MR) is 109 cm³/mol. The number of nitrogens with zero attached hydrogens (tertiary/aromatic N) is 1. The van der Waals surface area contributed by atoms with Gasteiger partial charge in [-0.25, -0.2) is 0 Å². The zero-order valence-electron chi connectivity index (χ0n) is 16.6. The molecule has 2 aromatic carbocycles. The van der Waals surface area contributed by atoms with Crippen molar-refractivity contribution >= 4 is 5.91 Å². The van der Waals surface area contributed by atoms with Gasteiger partial charge in [0.05, 0.1) is 6.04 Å². The van der Waals surface area contributed by atoms with Crippen LogP contribution in [0.25, 0.3) is 0 Å². The molecule has 0 radical (unpaired) electrons. The van der Waals surface area contributed by atoms with E-state index in [0.29, 0.717) is 26.4 Å². The molecule has 5 rings (SSSR count). The van der Waals surface area contributed by atoms with Crippen molar-refractivity contribution in [3.05, 3.63) is 59.2 Å². The number of aryl methyl sites for hydroxylation is 1. The number of ether oxygens (including phenoxy) is 3. The summed E-state index contributed by atoms with van der Waals surface area (Å²) in [5, 5.41) is 0. The molecule has 0 aromatic heterocycles. The lowest BCUT2D eigenvalue weighted by Gasteiger charge is -2.37. The van der Waals surface area contributed by atoms with Gasteiger partial charge >= 0.3 is 0 Å². The van der Waals surface area contributed by atoms with Crippen LogP contribution in [0.3, 0.4) is 0 Å². The third kappa shape index (κ3) is 3.71. The number of amides is 1. The molecule has 1 saturated heterocycles. The van der Waals surface area contributed by atoms with E-state index in [9.17, 15) is 4.79 Å². The number of rotatable bonds is 4. The van der Waals surface area contributed by atoms with E-state index in [1.54, 1.807) is 0 Å². The molecule has 1 amide bonds. The maximum absolute atomic E-state index is 13.5. The first-order valence-electron chi connectivity index (χ1n) is 10.7. The number of hydrogen-bond acceptors (Lipinski definition) is 4. The lowest BCUT2D eigenvalue weighted by atomic mass is 9.86. The Labute approximate surface area is 171 Å². The Balaban J connectivity index is 1.47. The molecule has 3 aliphatic rings. The number of fused-ring (bicyclic) bond motifs is 2. The van der Waals surface area contributed by atoms with Crippen LogP contribution in [0, 0.1) is 0 Å². The maximum atomic E-state index is 13.5. The van der Waals surface area contributed by atoms with Gasteiger partial charge in [-0.1, -0.05) is 30.3 Å². The van der Waals surface area contributed by atoms with Gasteiger partial charge < -0.3 is 19.1 Å². The highest BCUT2D eigenvalue weighted by Gasteiger charge is 2.35. The number of carbonyl (C=O) groups excluding carboxylic acids is 1. The van der Waals surface area contributed by atoms with Crippen LogP contribution in [0.2, 0.25) is 0 Å². The second-order valence-corrected chi connectivity index (χ2v) is 8.05. The van der Waals surface area contributed by atoms with E-state index in [1.807, 2.05) is 23.1 Å². The quantitative estimate of drug-likeness (QED) is 0.787. The van der Waals surface area contributed by atoms with E-state index in [1.165, 1.54) is 11.1 Å². The predicted octanol–water partition coefficient (Wildman–Crippen LogP) is 4.04. The van der Waals surface area contributed by atoms with Crippen molar-refractivity contribution in [2.24, 2.45) is 0 Å². The summed E-state index contributed by atoms with van der Waals surface area (Å²) < 4.78 is 17.2. The lowest BCUT2D eigenvalue weighted by molar-refractivity contribution is -0.144. The van der Waals surface area contributed by atoms with Crippen molar-refractivity contribution < 1.29 is 19.0 Å². The third-order valence-electron chi connectivity index (χ3n) is 6.16. The molecule has 0 bridgehead atoms. The van der Waals surface area contributed by atoms with Gasteiger partial charge in [-0.15, -0.1) is 0 Å². The summed E-state index contributed by atoms with van der Waals surface area (Å²) in [4.78, 5) is 15.5. The molecule has 5 heteroatoms. The SMILES string of the molecule is O=C([C@H]1CCCO1)N(Cc1ccc2c(c1)OCCO2)[C@H]1CCCc2ccccc21. The van der Waals surface area contributed by atoms with Crippen molar-refractivity contribution in [3.8, 4) is 11.5 Å². The molecule has 0 spiro atoms. The van der Waals surface area contributed by atoms with E-state index in [-0.39, 0.29) is 18.1 Å². The van der Waals surface area contributed by atoms with Gasteiger partial charge in [0, 0.05) is 13.2 Å². The van der Waals surface area contributed by atoms with Gasteiger partial charge in [-0.2, -0.15) is 0 Å². The van der Waals surface area contributed by atoms with Crippen LogP contribution in [0.15, 0.2) is 42.5 Å². The summed E-state index contributed by atoms with van der Waals surface area (Å²) in [7, 11) is 0. The zero-order valence-corrected chi connectivity index (χ0v) is 16.6. The Morgan fingerprint density at radius 3 is 2.69 bits per heavy atom. The van der Waals surface area contributed by atoms with Crippen LogP contribution in [-0.4, -0.2) is 36.7 Å². The summed E-state index contributed by atoms with van der Waals surface area (Å²) in [6.07, 6.45) is 4.61. The van der Waals surface area contributed by atoms with Crippen molar-refractivity contribution in [1.82, 2.24) is 4.90 Å². The Bertz CT molecular complexity index is 890. The normalized spacial score (nSPS) is 22.8. The Morgan fingerprint density at radius 2 is 1.83 bits per heavy atom. The highest BCUT2D eigenvalue weighted by atomic mass is 16.6. The second-order valence-electron chi connectivity index (χ2n) is 8.05. The minimum Gasteiger partial charge on any atom is -0.486 e. The first kappa shape index (κ1) is 18.5. The third-order valence-corrected chi connectivity index (χ3v) is 6.16. The Kier molecular flexibility index (Phi) is 5.15. The van der Waals surface area contributed by atoms with Crippen LogP contribution in [0.5, 0.6) is 11.5 Å². The van der Waals surface area contributed by atoms with Gasteiger partial charge in [0.25, 0.3) is 5.91 Å². The first-order valence-corrected chi connectivity index (χ1v) is 10.7. The fourth-order valence-corrected chi connectivity index (χ4v) is 4.73. The van der Waals surface area contributed by atoms with Crippen molar-refractivity contribution in [2.75, 3.05) is 19.8 Å². The maximum Gasteiger partial charge on any atom is 0.252 e. The second kappa shape index (κ2) is 8.07. The fraction of sp³-hybridized carbons (Fsp3) is 0.458. The molecule has 1 aliphatic carbocycles. The van der Waals surface area contributed by atoms with Crippen LogP contribution < -0.4 is 9.47 Å². The average Bonchev–Trinajstić information content (AvgIpc) is 3.32. The molecule has 0 N–H and O–H groups in total. The van der Waals surface area contributed by atoms with Gasteiger partial charge in [-0.05, 0) is 60.9 Å². The van der Waals surface area contributed by atoms with Gasteiger partial charge in [-0.3, -0.25) is 4.79 Å². The molecule has 2 heterocycles. The van der Waals surface area contributed by atoms with E-state index in [2.05, 4.69) is 24.3 Å². The first-order chi connectivity index (χ1) is 14.3. The summed E-state index contributed by atoms with van der Waals surface area (Å²) >= 11 is 0. The highest BCUT2D eigenvalue weighted by molar-refractivity contribution is 5.81. The topological polar surface area (TPSA) is 48.0 Å². The molecule has 0 unspecified atom stereocenters. The van der Waals surface area contributed by atoms with E-state index >= 15 is 0 Å². The summed E-state index contributed by atoms with van der Waals surface area (Å²) in [5.74, 6) is 1.65. The summed E-state index contributed by atoms with van der Waals surface area (Å²) in [6, 6.07) is 14.6. The zero-order chi connectivity index (χ0) is 19.6. The average molecular weight is 393 g/mol. The summed E-state index contributed by atoms with van der Waals surface area (Å²) in [6.45, 7) is 2.36. The number of benzene rings is 2. The molecule has 2 aromatic rings. The molecular formula is C24H27NO4. The van der Waals surface area contributed by atoms with E-state index in [4.69, 9.17) is 14.2 Å². The van der Waals surface area contributed by atoms with Gasteiger partial charge in [0.1, 0.15) is 19.3 Å². The molecular weight excluding hydrogens is 366 g/mol. The van der Waals surface area contributed by atoms with Crippen molar-refractivity contribution in [3.63, 3.8) is 0 Å². The van der Waals surface area contributed by atoms with Crippen molar-refractivity contribution in [2.45, 2.75) is 50.8 Å². The minimum absolute atomic E-state index is 0.0878. The van der Waals surface area contributed by atoms with Crippen LogP contribution in [0.1, 0.15) is 48.4 Å². The van der Waals surface area contributed by atoms with Crippen LogP contribution in [0.4, 0.5) is 0 Å². The van der Waals surface area contributed by atoms with Crippen LogP contribution >= 0.6 is 0 Å². The monoisotopic (exact) mass is 393 g/mol. The summed E-state index contributed by atoms with van der Waals surface area (Å²) in [5.41, 5.74) is 3.70. The van der Waals surface area contributed by atoms with Gasteiger partial charge in [0.2, 0.25) is 0 Å². The highest BCUT2D eigenvalue weighted by Crippen LogP contribution is 2.37. The number of carbonyl (C=O) groups is 1.